The van der Waals surface area contributed by atoms with Gasteiger partial charge in [0, 0.05) is 22.3 Å². The molecule has 11 heteroatoms. The van der Waals surface area contributed by atoms with Crippen LogP contribution in [-0.2, 0) is 11.0 Å². The summed E-state index contributed by atoms with van der Waals surface area (Å²) in [7, 11) is 0. The summed E-state index contributed by atoms with van der Waals surface area (Å²) in [5.41, 5.74) is 14.9. The number of benzene rings is 1. The number of carbonyl (C=O) groups is 1. The van der Waals surface area contributed by atoms with Crippen molar-refractivity contribution in [2.75, 3.05) is 12.3 Å². The maximum atomic E-state index is 12.4. The molecule has 1 saturated carbocycles. The predicted octanol–water partition coefficient (Wildman–Crippen LogP) is 4.95. The fraction of sp³-hybridized carbons (Fsp3) is 0.455. The summed E-state index contributed by atoms with van der Waals surface area (Å²) in [5.74, 6) is -0.593. The number of rotatable bonds is 1. The Morgan fingerprint density at radius 2 is 1.61 bits per heavy atom. The smallest absolute Gasteiger partial charge is 0.398 e. The molecule has 2 aromatic rings. The van der Waals surface area contributed by atoms with E-state index >= 15 is 0 Å². The third-order valence-electron chi connectivity index (χ3n) is 4.80. The number of guanidine groups is 1. The number of amides is 1. The highest BCUT2D eigenvalue weighted by Crippen LogP contribution is 2.32. The van der Waals surface area contributed by atoms with Gasteiger partial charge in [0.1, 0.15) is 5.69 Å². The van der Waals surface area contributed by atoms with E-state index in [0.717, 1.165) is 6.07 Å². The highest BCUT2D eigenvalue weighted by atomic mass is 35.5. The van der Waals surface area contributed by atoms with Crippen molar-refractivity contribution in [2.24, 2.45) is 27.4 Å². The van der Waals surface area contributed by atoms with Gasteiger partial charge in [-0.1, -0.05) is 57.6 Å². The maximum Gasteiger partial charge on any atom is 0.433 e. The molecule has 1 aromatic heterocycles. The molecule has 2 heterocycles. The van der Waals surface area contributed by atoms with E-state index in [1.807, 2.05) is 0 Å². The Bertz CT molecular complexity index is 978. The lowest BCUT2D eigenvalue weighted by Crippen LogP contribution is -2.30. The average Bonchev–Trinajstić information content (AvgIpc) is 2.76. The number of carbonyl (C=O) groups excluding carboxylic acids is 1. The molecule has 0 spiro atoms. The number of anilines is 1. The molecule has 1 amide bonds. The largest absolute Gasteiger partial charge is 0.433 e. The molecule has 33 heavy (non-hydrogen) atoms. The lowest BCUT2D eigenvalue weighted by atomic mass is 10.0. The first-order valence-electron chi connectivity index (χ1n) is 10.1. The van der Waals surface area contributed by atoms with Crippen LogP contribution in [0.5, 0.6) is 0 Å². The second kappa shape index (κ2) is 13.0. The number of hydrogen-bond donors (Lipinski definition) is 3. The van der Waals surface area contributed by atoms with Gasteiger partial charge in [-0.15, -0.1) is 0 Å². The summed E-state index contributed by atoms with van der Waals surface area (Å²) in [5, 5.41) is 0.821. The van der Waals surface area contributed by atoms with Crippen molar-refractivity contribution in [3.63, 3.8) is 0 Å². The standard InChI is InChI=1S/C10H6ClF3N2.C6H12.C5H8N4O.CH4/c11-5-1-2-8-6(3-5)7(15)4-9(16-8)10(12,13)14;1-2-4-6-5-3-1;6-4(10)3-1-8-5(7)9-2-3;/h1-4H,(H2,15,16);1-6H2;1,3H,2H2,(H2,6,10)(H2,7,9);1H4. The third kappa shape index (κ3) is 9.25. The minimum atomic E-state index is -4.50. The summed E-state index contributed by atoms with van der Waals surface area (Å²) in [4.78, 5) is 21.3. The number of aromatic nitrogens is 1. The number of halogens is 4. The summed E-state index contributed by atoms with van der Waals surface area (Å²) >= 11 is 5.71. The maximum absolute atomic E-state index is 12.4. The van der Waals surface area contributed by atoms with Gasteiger partial charge in [0.15, 0.2) is 0 Å². The molecular formula is C22H30ClF3N6O. The van der Waals surface area contributed by atoms with Gasteiger partial charge in [-0.2, -0.15) is 13.2 Å². The van der Waals surface area contributed by atoms with E-state index in [-0.39, 0.29) is 30.5 Å². The molecule has 7 nitrogen and oxygen atoms in total. The Labute approximate surface area is 196 Å². The molecule has 182 valence electrons. The van der Waals surface area contributed by atoms with Crippen LogP contribution in [-0.4, -0.2) is 29.6 Å². The van der Waals surface area contributed by atoms with Crippen molar-refractivity contribution < 1.29 is 18.0 Å². The molecule has 0 saturated heterocycles. The number of alkyl halides is 3. The molecule has 6 N–H and O–H groups in total. The van der Waals surface area contributed by atoms with Crippen molar-refractivity contribution in [3.8, 4) is 0 Å². The first-order chi connectivity index (χ1) is 15.1. The van der Waals surface area contributed by atoms with Crippen molar-refractivity contribution in [1.29, 1.82) is 0 Å². The second-order valence-electron chi connectivity index (χ2n) is 7.36. The summed E-state index contributed by atoms with van der Waals surface area (Å²) in [6.45, 7) is 0.324. The highest BCUT2D eigenvalue weighted by Gasteiger charge is 2.33. The Morgan fingerprint density at radius 3 is 2.06 bits per heavy atom. The third-order valence-corrected chi connectivity index (χ3v) is 5.03. The van der Waals surface area contributed by atoms with Gasteiger partial charge < -0.3 is 17.2 Å². The van der Waals surface area contributed by atoms with Crippen LogP contribution in [0.25, 0.3) is 10.9 Å². The van der Waals surface area contributed by atoms with E-state index < -0.39 is 17.8 Å². The quantitative estimate of drug-likeness (QED) is 0.525. The minimum Gasteiger partial charge on any atom is -0.398 e. The molecule has 1 aromatic carbocycles. The van der Waals surface area contributed by atoms with Crippen molar-refractivity contribution >= 4 is 46.3 Å². The number of fused-ring (bicyclic) bond motifs is 1. The number of nitrogens with zero attached hydrogens (tertiary/aromatic N) is 3. The van der Waals surface area contributed by atoms with E-state index in [0.29, 0.717) is 17.0 Å². The van der Waals surface area contributed by atoms with Crippen LogP contribution in [0, 0.1) is 5.92 Å². The van der Waals surface area contributed by atoms with Crippen LogP contribution in [0.3, 0.4) is 0 Å². The second-order valence-corrected chi connectivity index (χ2v) is 7.80. The van der Waals surface area contributed by atoms with Crippen LogP contribution in [0.2, 0.25) is 5.02 Å². The first-order valence-corrected chi connectivity index (χ1v) is 10.5. The monoisotopic (exact) mass is 486 g/mol. The number of nitrogens with two attached hydrogens (primary N) is 3. The van der Waals surface area contributed by atoms with Crippen LogP contribution in [0.4, 0.5) is 18.9 Å². The van der Waals surface area contributed by atoms with Gasteiger partial charge >= 0.3 is 6.18 Å². The van der Waals surface area contributed by atoms with E-state index in [4.69, 9.17) is 28.8 Å². The normalized spacial score (nSPS) is 17.5. The first kappa shape index (κ1) is 28.2. The van der Waals surface area contributed by atoms with Crippen molar-refractivity contribution in [2.45, 2.75) is 52.1 Å². The molecular weight excluding hydrogens is 457 g/mol. The molecule has 2 aliphatic rings. The van der Waals surface area contributed by atoms with E-state index in [1.54, 1.807) is 0 Å². The molecule has 1 aliphatic heterocycles. The van der Waals surface area contributed by atoms with Gasteiger partial charge in [-0.25, -0.2) is 9.98 Å². The Hall–Kier alpha value is -2.88. The van der Waals surface area contributed by atoms with Gasteiger partial charge in [0.05, 0.1) is 18.0 Å². The number of pyridine rings is 1. The average molecular weight is 487 g/mol. The van der Waals surface area contributed by atoms with Gasteiger partial charge in [0.2, 0.25) is 11.9 Å². The zero-order chi connectivity index (χ0) is 23.7. The fourth-order valence-corrected chi connectivity index (χ4v) is 3.21. The van der Waals surface area contributed by atoms with Gasteiger partial charge in [-0.3, -0.25) is 9.79 Å². The van der Waals surface area contributed by atoms with E-state index in [2.05, 4.69) is 15.0 Å². The lowest BCUT2D eigenvalue weighted by Gasteiger charge is -2.09. The van der Waals surface area contributed by atoms with Crippen LogP contribution in [0.15, 0.2) is 34.3 Å². The van der Waals surface area contributed by atoms with Gasteiger partial charge in [-0.05, 0) is 24.3 Å². The Kier molecular flexibility index (Phi) is 11.1. The van der Waals surface area contributed by atoms with Crippen LogP contribution < -0.4 is 17.2 Å². The summed E-state index contributed by atoms with van der Waals surface area (Å²) < 4.78 is 37.3. The summed E-state index contributed by atoms with van der Waals surface area (Å²) in [6, 6.07) is 5.16. The molecule has 1 unspecified atom stereocenters. The molecule has 1 fully saturated rings. The number of hydrogen-bond acceptors (Lipinski definition) is 6. The molecule has 0 radical (unpaired) electrons. The molecule has 1 atom stereocenters. The Balaban J connectivity index is 0.000000273. The molecule has 1 aliphatic carbocycles. The zero-order valence-electron chi connectivity index (χ0n) is 17.4. The predicted molar refractivity (Wildman–Crippen MR) is 128 cm³/mol. The SMILES string of the molecule is C.C1CCCCC1.NC(=O)C1C=NC(N)=NC1.Nc1cc(C(F)(F)F)nc2ccc(Cl)cc12. The van der Waals surface area contributed by atoms with E-state index in [1.165, 1.54) is 62.9 Å². The number of aliphatic imine (C=N–C) groups is 2. The fourth-order valence-electron chi connectivity index (χ4n) is 3.04. The lowest BCUT2D eigenvalue weighted by molar-refractivity contribution is -0.140. The minimum absolute atomic E-state index is 0. The number of primary amides is 1. The van der Waals surface area contributed by atoms with Crippen LogP contribution in [0.1, 0.15) is 51.6 Å². The van der Waals surface area contributed by atoms with Gasteiger partial charge in [0.25, 0.3) is 0 Å². The van der Waals surface area contributed by atoms with Crippen LogP contribution >= 0.6 is 11.6 Å². The van der Waals surface area contributed by atoms with Crippen molar-refractivity contribution in [1.82, 2.24) is 4.98 Å². The molecule has 0 bridgehead atoms. The number of nitrogen functional groups attached to an aromatic ring is 1. The van der Waals surface area contributed by atoms with Crippen molar-refractivity contribution in [3.05, 3.63) is 35.0 Å². The highest BCUT2D eigenvalue weighted by molar-refractivity contribution is 6.31. The zero-order valence-corrected chi connectivity index (χ0v) is 18.2. The Morgan fingerprint density at radius 1 is 1.03 bits per heavy atom. The topological polar surface area (TPSA) is 133 Å². The summed E-state index contributed by atoms with van der Waals surface area (Å²) in [6.07, 6.45) is 5.92. The molecule has 4 rings (SSSR count). The van der Waals surface area contributed by atoms with E-state index in [9.17, 15) is 18.0 Å².